The summed E-state index contributed by atoms with van der Waals surface area (Å²) in [6, 6.07) is 10.9. The van der Waals surface area contributed by atoms with Crippen molar-refractivity contribution in [3.63, 3.8) is 0 Å². The molecule has 1 aromatic rings. The van der Waals surface area contributed by atoms with Crippen molar-refractivity contribution in [2.75, 3.05) is 32.1 Å². The van der Waals surface area contributed by atoms with Crippen LogP contribution < -0.4 is 15.5 Å². The van der Waals surface area contributed by atoms with Crippen LogP contribution in [0, 0.1) is 0 Å². The Balaban J connectivity index is 1.45. The summed E-state index contributed by atoms with van der Waals surface area (Å²) in [5.41, 5.74) is 2.63. The minimum absolute atomic E-state index is 0.516. The van der Waals surface area contributed by atoms with Crippen LogP contribution >= 0.6 is 0 Å². The summed E-state index contributed by atoms with van der Waals surface area (Å²) in [4.78, 5) is 9.46. The number of nitrogens with one attached hydrogen (secondary N) is 2. The topological polar surface area (TPSA) is 42.9 Å². The van der Waals surface area contributed by atoms with Crippen LogP contribution in [0.4, 0.5) is 5.69 Å². The normalized spacial score (nSPS) is 20.1. The van der Waals surface area contributed by atoms with Crippen molar-refractivity contribution in [1.82, 2.24) is 15.5 Å². The Kier molecular flexibility index (Phi) is 8.22. The SMILES string of the molecule is CN=C(NCc1ccc(N(C)C2CCCCC2)cc1)NC1CCN(C(C)C)CC1. The molecule has 0 bridgehead atoms. The summed E-state index contributed by atoms with van der Waals surface area (Å²) in [6.45, 7) is 7.71. The van der Waals surface area contributed by atoms with Gasteiger partial charge >= 0.3 is 0 Å². The standard InChI is InChI=1S/C24H41N5/c1-19(2)29-16-14-21(15-17-29)27-24(25-3)26-18-20-10-12-23(13-11-20)28(4)22-8-6-5-7-9-22/h10-13,19,21-22H,5-9,14-18H2,1-4H3,(H2,25,26,27). The van der Waals surface area contributed by atoms with Crippen LogP contribution in [0.5, 0.6) is 0 Å². The number of aliphatic imine (C=N–C) groups is 1. The third-order valence-electron chi connectivity index (χ3n) is 6.75. The van der Waals surface area contributed by atoms with Gasteiger partial charge in [-0.05, 0) is 57.2 Å². The maximum absolute atomic E-state index is 4.43. The van der Waals surface area contributed by atoms with Crippen LogP contribution in [0.2, 0.25) is 0 Å². The Morgan fingerprint density at radius 2 is 1.72 bits per heavy atom. The van der Waals surface area contributed by atoms with Gasteiger partial charge < -0.3 is 20.4 Å². The minimum Gasteiger partial charge on any atom is -0.372 e. The summed E-state index contributed by atoms with van der Waals surface area (Å²) >= 11 is 0. The molecule has 1 saturated carbocycles. The summed E-state index contributed by atoms with van der Waals surface area (Å²) in [5, 5.41) is 7.10. The Labute approximate surface area is 178 Å². The van der Waals surface area contributed by atoms with Gasteiger partial charge in [0.15, 0.2) is 5.96 Å². The van der Waals surface area contributed by atoms with E-state index >= 15 is 0 Å². The van der Waals surface area contributed by atoms with E-state index in [1.807, 2.05) is 7.05 Å². The average molecular weight is 400 g/mol. The van der Waals surface area contributed by atoms with E-state index in [0.717, 1.165) is 12.5 Å². The zero-order valence-corrected chi connectivity index (χ0v) is 19.0. The fraction of sp³-hybridized carbons (Fsp3) is 0.708. The molecule has 29 heavy (non-hydrogen) atoms. The van der Waals surface area contributed by atoms with Gasteiger partial charge in [-0.3, -0.25) is 4.99 Å². The van der Waals surface area contributed by atoms with Gasteiger partial charge in [0.25, 0.3) is 0 Å². The lowest BCUT2D eigenvalue weighted by Crippen LogP contribution is -2.49. The van der Waals surface area contributed by atoms with E-state index in [4.69, 9.17) is 0 Å². The molecular formula is C24H41N5. The number of guanidine groups is 1. The first kappa shape index (κ1) is 21.9. The molecule has 0 radical (unpaired) electrons. The second-order valence-electron chi connectivity index (χ2n) is 9.04. The second-order valence-corrected chi connectivity index (χ2v) is 9.04. The van der Waals surface area contributed by atoms with E-state index in [-0.39, 0.29) is 0 Å². The smallest absolute Gasteiger partial charge is 0.191 e. The van der Waals surface area contributed by atoms with Crippen LogP contribution in [0.1, 0.15) is 64.4 Å². The summed E-state index contributed by atoms with van der Waals surface area (Å²) in [6.07, 6.45) is 9.18. The number of nitrogens with zero attached hydrogens (tertiary/aromatic N) is 3. The van der Waals surface area contributed by atoms with Crippen molar-refractivity contribution >= 4 is 11.6 Å². The molecule has 5 nitrogen and oxygen atoms in total. The molecule has 0 aromatic heterocycles. The highest BCUT2D eigenvalue weighted by atomic mass is 15.2. The molecule has 5 heteroatoms. The van der Waals surface area contributed by atoms with E-state index in [1.165, 1.54) is 69.3 Å². The zero-order chi connectivity index (χ0) is 20.6. The van der Waals surface area contributed by atoms with Crippen molar-refractivity contribution < 1.29 is 0 Å². The monoisotopic (exact) mass is 399 g/mol. The van der Waals surface area contributed by atoms with E-state index in [1.54, 1.807) is 0 Å². The summed E-state index contributed by atoms with van der Waals surface area (Å²) < 4.78 is 0. The molecule has 1 aliphatic heterocycles. The average Bonchev–Trinajstić information content (AvgIpc) is 2.77. The molecule has 1 aliphatic carbocycles. The van der Waals surface area contributed by atoms with Crippen LogP contribution in [-0.2, 0) is 6.54 Å². The predicted octanol–water partition coefficient (Wildman–Crippen LogP) is 3.99. The lowest BCUT2D eigenvalue weighted by molar-refractivity contribution is 0.167. The molecule has 2 fully saturated rings. The first-order chi connectivity index (χ1) is 14.1. The molecule has 0 atom stereocenters. The first-order valence-corrected chi connectivity index (χ1v) is 11.6. The number of rotatable bonds is 6. The van der Waals surface area contributed by atoms with E-state index in [2.05, 4.69) is 70.6 Å². The van der Waals surface area contributed by atoms with Crippen molar-refractivity contribution in [2.45, 2.75) is 83.5 Å². The van der Waals surface area contributed by atoms with E-state index < -0.39 is 0 Å². The van der Waals surface area contributed by atoms with Gasteiger partial charge in [-0.25, -0.2) is 0 Å². The molecule has 1 aromatic carbocycles. The Bertz CT molecular complexity index is 625. The maximum atomic E-state index is 4.43. The number of hydrogen-bond acceptors (Lipinski definition) is 3. The van der Waals surface area contributed by atoms with Crippen LogP contribution in [0.3, 0.4) is 0 Å². The molecule has 1 heterocycles. The molecule has 0 spiro atoms. The highest BCUT2D eigenvalue weighted by Crippen LogP contribution is 2.26. The number of anilines is 1. The van der Waals surface area contributed by atoms with Crippen molar-refractivity contribution in [2.24, 2.45) is 4.99 Å². The largest absolute Gasteiger partial charge is 0.372 e. The van der Waals surface area contributed by atoms with Crippen LogP contribution in [0.15, 0.2) is 29.3 Å². The number of hydrogen-bond donors (Lipinski definition) is 2. The van der Waals surface area contributed by atoms with Gasteiger partial charge in [0.05, 0.1) is 0 Å². The fourth-order valence-electron chi connectivity index (χ4n) is 4.66. The number of piperidine rings is 1. The molecule has 1 saturated heterocycles. The molecule has 162 valence electrons. The minimum atomic E-state index is 0.516. The molecule has 2 aliphatic rings. The highest BCUT2D eigenvalue weighted by molar-refractivity contribution is 5.80. The first-order valence-electron chi connectivity index (χ1n) is 11.6. The van der Waals surface area contributed by atoms with Crippen molar-refractivity contribution in [3.05, 3.63) is 29.8 Å². The van der Waals surface area contributed by atoms with Gasteiger partial charge in [-0.15, -0.1) is 0 Å². The van der Waals surface area contributed by atoms with Gasteiger partial charge in [-0.1, -0.05) is 31.4 Å². The summed E-state index contributed by atoms with van der Waals surface area (Å²) in [7, 11) is 4.11. The van der Waals surface area contributed by atoms with Gasteiger partial charge in [-0.2, -0.15) is 0 Å². The Morgan fingerprint density at radius 1 is 1.07 bits per heavy atom. The van der Waals surface area contributed by atoms with E-state index in [9.17, 15) is 0 Å². The molecule has 0 amide bonds. The van der Waals surface area contributed by atoms with Crippen molar-refractivity contribution in [3.8, 4) is 0 Å². The quantitative estimate of drug-likeness (QED) is 0.561. The van der Waals surface area contributed by atoms with Gasteiger partial charge in [0.1, 0.15) is 0 Å². The van der Waals surface area contributed by atoms with Gasteiger partial charge in [0, 0.05) is 57.5 Å². The molecule has 2 N–H and O–H groups in total. The highest BCUT2D eigenvalue weighted by Gasteiger charge is 2.21. The lowest BCUT2D eigenvalue weighted by atomic mass is 9.94. The van der Waals surface area contributed by atoms with Crippen LogP contribution in [-0.4, -0.2) is 56.2 Å². The summed E-state index contributed by atoms with van der Waals surface area (Å²) in [5.74, 6) is 0.913. The lowest BCUT2D eigenvalue weighted by Gasteiger charge is -2.35. The maximum Gasteiger partial charge on any atom is 0.191 e. The van der Waals surface area contributed by atoms with Crippen LogP contribution in [0.25, 0.3) is 0 Å². The second kappa shape index (κ2) is 10.9. The fourth-order valence-corrected chi connectivity index (χ4v) is 4.66. The molecular weight excluding hydrogens is 358 g/mol. The van der Waals surface area contributed by atoms with E-state index in [0.29, 0.717) is 18.1 Å². The van der Waals surface area contributed by atoms with Crippen molar-refractivity contribution in [1.29, 1.82) is 0 Å². The number of benzene rings is 1. The zero-order valence-electron chi connectivity index (χ0n) is 19.0. The number of likely N-dealkylation sites (tertiary alicyclic amines) is 1. The third kappa shape index (κ3) is 6.36. The molecule has 0 unspecified atom stereocenters. The Hall–Kier alpha value is -1.75. The predicted molar refractivity (Wildman–Crippen MR) is 125 cm³/mol. The van der Waals surface area contributed by atoms with Gasteiger partial charge in [0.2, 0.25) is 0 Å². The molecule has 3 rings (SSSR count). The Morgan fingerprint density at radius 3 is 2.31 bits per heavy atom. The third-order valence-corrected chi connectivity index (χ3v) is 6.75.